The summed E-state index contributed by atoms with van der Waals surface area (Å²) in [5.74, 6) is -0.702. The highest BCUT2D eigenvalue weighted by molar-refractivity contribution is 7.22. The van der Waals surface area contributed by atoms with E-state index in [1.54, 1.807) is 12.1 Å². The Labute approximate surface area is 193 Å². The van der Waals surface area contributed by atoms with Crippen LogP contribution in [0.4, 0.5) is 10.8 Å². The predicted molar refractivity (Wildman–Crippen MR) is 130 cm³/mol. The first kappa shape index (κ1) is 20.7. The molecular formula is C26H19N3O3S. The van der Waals surface area contributed by atoms with Crippen LogP contribution in [0.15, 0.2) is 102 Å². The first-order valence-corrected chi connectivity index (χ1v) is 11.2. The fourth-order valence-electron chi connectivity index (χ4n) is 3.62. The zero-order valence-corrected chi connectivity index (χ0v) is 18.2. The number of furan rings is 1. The molecule has 2 N–H and O–H groups in total. The lowest BCUT2D eigenvalue weighted by molar-refractivity contribution is -0.116. The second kappa shape index (κ2) is 9.10. The van der Waals surface area contributed by atoms with Crippen LogP contribution < -0.4 is 10.6 Å². The summed E-state index contributed by atoms with van der Waals surface area (Å²) in [6, 6.07) is 28.2. The van der Waals surface area contributed by atoms with Crippen molar-refractivity contribution in [2.75, 3.05) is 10.6 Å². The number of carbonyl (C=O) groups is 2. The smallest absolute Gasteiger partial charge is 0.293 e. The third-order valence-corrected chi connectivity index (χ3v) is 6.08. The van der Waals surface area contributed by atoms with E-state index in [0.29, 0.717) is 10.8 Å². The van der Waals surface area contributed by atoms with E-state index >= 15 is 0 Å². The summed E-state index contributed by atoms with van der Waals surface area (Å²) < 4.78 is 5.96. The Morgan fingerprint density at radius 1 is 0.818 bits per heavy atom. The molecule has 0 radical (unpaired) electrons. The van der Waals surface area contributed by atoms with Gasteiger partial charge in [0.05, 0.1) is 22.4 Å². The number of anilines is 2. The van der Waals surface area contributed by atoms with E-state index in [1.165, 1.54) is 17.6 Å². The van der Waals surface area contributed by atoms with Crippen LogP contribution in [0.5, 0.6) is 0 Å². The van der Waals surface area contributed by atoms with Gasteiger partial charge in [-0.1, -0.05) is 72.0 Å². The maximum atomic E-state index is 13.3. The van der Waals surface area contributed by atoms with E-state index in [9.17, 15) is 9.59 Å². The van der Waals surface area contributed by atoms with E-state index in [-0.39, 0.29) is 17.6 Å². The standard InChI is InChI=1S/C26H19N3O3S/c30-24(21-12-7-15-32-21)29-26-28-20-14-13-19(16-22(20)33-26)27-25(31)23(17-8-3-1-4-9-17)18-10-5-2-6-11-18/h1-16,23H,(H,27,31)(H,28,29,30). The molecule has 5 rings (SSSR count). The summed E-state index contributed by atoms with van der Waals surface area (Å²) in [5.41, 5.74) is 3.23. The number of nitrogens with one attached hydrogen (secondary N) is 2. The number of carbonyl (C=O) groups excluding carboxylic acids is 2. The van der Waals surface area contributed by atoms with Crippen LogP contribution in [-0.4, -0.2) is 16.8 Å². The van der Waals surface area contributed by atoms with Crippen molar-refractivity contribution in [3.63, 3.8) is 0 Å². The molecule has 0 saturated heterocycles. The molecule has 162 valence electrons. The molecule has 0 spiro atoms. The van der Waals surface area contributed by atoms with Gasteiger partial charge >= 0.3 is 0 Å². The maximum Gasteiger partial charge on any atom is 0.293 e. The molecule has 0 bridgehead atoms. The Balaban J connectivity index is 1.38. The van der Waals surface area contributed by atoms with Crippen LogP contribution in [0.25, 0.3) is 10.2 Å². The number of aromatic nitrogens is 1. The van der Waals surface area contributed by atoms with Crippen molar-refractivity contribution in [2.45, 2.75) is 5.92 Å². The molecule has 6 nitrogen and oxygen atoms in total. The third-order valence-electron chi connectivity index (χ3n) is 5.15. The van der Waals surface area contributed by atoms with Crippen molar-refractivity contribution in [3.8, 4) is 0 Å². The number of thiazole rings is 1. The fourth-order valence-corrected chi connectivity index (χ4v) is 4.52. The summed E-state index contributed by atoms with van der Waals surface area (Å²) in [5, 5.41) is 6.24. The Morgan fingerprint density at radius 3 is 2.15 bits per heavy atom. The zero-order valence-electron chi connectivity index (χ0n) is 17.4. The average Bonchev–Trinajstić information content (AvgIpc) is 3.50. The third kappa shape index (κ3) is 4.53. The van der Waals surface area contributed by atoms with Gasteiger partial charge in [0.15, 0.2) is 10.9 Å². The molecule has 0 aliphatic heterocycles. The second-order valence-electron chi connectivity index (χ2n) is 7.38. The number of hydrogen-bond donors (Lipinski definition) is 2. The lowest BCUT2D eigenvalue weighted by atomic mass is 9.90. The first-order chi connectivity index (χ1) is 16.2. The molecule has 5 aromatic rings. The van der Waals surface area contributed by atoms with E-state index in [0.717, 1.165) is 21.3 Å². The SMILES string of the molecule is O=C(Nc1nc2ccc(NC(=O)C(c3ccccc3)c3ccccc3)cc2s1)c1ccco1. The highest BCUT2D eigenvalue weighted by Crippen LogP contribution is 2.30. The molecular weight excluding hydrogens is 434 g/mol. The van der Waals surface area contributed by atoms with Crippen LogP contribution in [0.3, 0.4) is 0 Å². The van der Waals surface area contributed by atoms with Crippen LogP contribution in [-0.2, 0) is 4.79 Å². The molecule has 0 unspecified atom stereocenters. The van der Waals surface area contributed by atoms with Crippen LogP contribution in [0.1, 0.15) is 27.6 Å². The largest absolute Gasteiger partial charge is 0.459 e. The minimum atomic E-state index is -0.437. The Bertz CT molecular complexity index is 1360. The van der Waals surface area contributed by atoms with E-state index < -0.39 is 5.92 Å². The van der Waals surface area contributed by atoms with Crippen molar-refractivity contribution >= 4 is 44.2 Å². The normalized spacial score (nSPS) is 10.9. The van der Waals surface area contributed by atoms with Gasteiger partial charge in [-0.15, -0.1) is 0 Å². The van der Waals surface area contributed by atoms with Gasteiger partial charge in [0.1, 0.15) is 0 Å². The number of nitrogens with zero attached hydrogens (tertiary/aromatic N) is 1. The molecule has 33 heavy (non-hydrogen) atoms. The summed E-state index contributed by atoms with van der Waals surface area (Å²) in [6.07, 6.45) is 1.44. The Morgan fingerprint density at radius 2 is 1.52 bits per heavy atom. The minimum absolute atomic E-state index is 0.123. The van der Waals surface area contributed by atoms with Gasteiger partial charge in [-0.25, -0.2) is 4.98 Å². The summed E-state index contributed by atoms with van der Waals surface area (Å²) in [6.45, 7) is 0. The zero-order chi connectivity index (χ0) is 22.6. The fraction of sp³-hybridized carbons (Fsp3) is 0.0385. The minimum Gasteiger partial charge on any atom is -0.459 e. The number of amides is 2. The van der Waals surface area contributed by atoms with E-state index in [2.05, 4.69) is 15.6 Å². The summed E-state index contributed by atoms with van der Waals surface area (Å²) in [7, 11) is 0. The highest BCUT2D eigenvalue weighted by Gasteiger charge is 2.23. The molecule has 3 aromatic carbocycles. The van der Waals surface area contributed by atoms with Gasteiger partial charge in [-0.05, 0) is 41.5 Å². The van der Waals surface area contributed by atoms with Crippen LogP contribution in [0.2, 0.25) is 0 Å². The van der Waals surface area contributed by atoms with Gasteiger partial charge in [0, 0.05) is 5.69 Å². The van der Waals surface area contributed by atoms with Gasteiger partial charge in [-0.2, -0.15) is 0 Å². The van der Waals surface area contributed by atoms with E-state index in [4.69, 9.17) is 4.42 Å². The number of benzene rings is 3. The van der Waals surface area contributed by atoms with Gasteiger partial charge in [-0.3, -0.25) is 14.9 Å². The van der Waals surface area contributed by atoms with Crippen molar-refractivity contribution in [1.82, 2.24) is 4.98 Å². The molecule has 0 saturated carbocycles. The number of rotatable bonds is 6. The molecule has 7 heteroatoms. The monoisotopic (exact) mass is 453 g/mol. The second-order valence-corrected chi connectivity index (χ2v) is 8.41. The number of fused-ring (bicyclic) bond motifs is 1. The molecule has 2 aromatic heterocycles. The van der Waals surface area contributed by atoms with Crippen molar-refractivity contribution in [2.24, 2.45) is 0 Å². The van der Waals surface area contributed by atoms with Crippen LogP contribution in [0, 0.1) is 0 Å². The van der Waals surface area contributed by atoms with Crippen molar-refractivity contribution < 1.29 is 14.0 Å². The quantitative estimate of drug-likeness (QED) is 0.335. The lowest BCUT2D eigenvalue weighted by Crippen LogP contribution is -2.22. The van der Waals surface area contributed by atoms with Gasteiger partial charge in [0.2, 0.25) is 5.91 Å². The number of hydrogen-bond acceptors (Lipinski definition) is 5. The van der Waals surface area contributed by atoms with Gasteiger partial charge < -0.3 is 9.73 Å². The Hall–Kier alpha value is -4.23. The highest BCUT2D eigenvalue weighted by atomic mass is 32.1. The van der Waals surface area contributed by atoms with Gasteiger partial charge in [0.25, 0.3) is 5.91 Å². The summed E-state index contributed by atoms with van der Waals surface area (Å²) in [4.78, 5) is 30.0. The Kier molecular flexibility index (Phi) is 5.70. The lowest BCUT2D eigenvalue weighted by Gasteiger charge is -2.18. The average molecular weight is 454 g/mol. The molecule has 0 fully saturated rings. The molecule has 0 aliphatic carbocycles. The summed E-state index contributed by atoms with van der Waals surface area (Å²) >= 11 is 1.33. The first-order valence-electron chi connectivity index (χ1n) is 10.3. The van der Waals surface area contributed by atoms with E-state index in [1.807, 2.05) is 78.9 Å². The van der Waals surface area contributed by atoms with Crippen molar-refractivity contribution in [1.29, 1.82) is 0 Å². The molecule has 2 amide bonds. The predicted octanol–water partition coefficient (Wildman–Crippen LogP) is 5.91. The topological polar surface area (TPSA) is 84.2 Å². The molecule has 0 aliphatic rings. The maximum absolute atomic E-state index is 13.3. The van der Waals surface area contributed by atoms with Crippen LogP contribution >= 0.6 is 11.3 Å². The molecule has 2 heterocycles. The molecule has 0 atom stereocenters. The van der Waals surface area contributed by atoms with Crippen molar-refractivity contribution in [3.05, 3.63) is 114 Å².